The van der Waals surface area contributed by atoms with Crippen LogP contribution in [0.25, 0.3) is 0 Å². The van der Waals surface area contributed by atoms with Gasteiger partial charge in [-0.25, -0.2) is 4.79 Å². The average molecular weight is 523 g/mol. The number of esters is 1. The second kappa shape index (κ2) is 9.70. The van der Waals surface area contributed by atoms with Gasteiger partial charge in [-0.15, -0.1) is 0 Å². The van der Waals surface area contributed by atoms with Gasteiger partial charge < -0.3 is 30.3 Å². The van der Waals surface area contributed by atoms with E-state index in [1.165, 1.54) is 0 Å². The van der Waals surface area contributed by atoms with Crippen molar-refractivity contribution in [1.82, 2.24) is 0 Å². The predicted molar refractivity (Wildman–Crippen MR) is 136 cm³/mol. The first-order valence-corrected chi connectivity index (χ1v) is 14.0. The molecule has 8 nitrogen and oxygen atoms in total. The largest absolute Gasteiger partial charge is 0.458 e. The number of allylic oxidation sites excluding steroid dienone is 1. The van der Waals surface area contributed by atoms with Crippen molar-refractivity contribution in [3.8, 4) is 0 Å². The molecule has 0 aromatic heterocycles. The van der Waals surface area contributed by atoms with Crippen molar-refractivity contribution in [2.45, 2.75) is 115 Å². The van der Waals surface area contributed by atoms with Gasteiger partial charge in [0.05, 0.1) is 17.8 Å². The van der Waals surface area contributed by atoms with E-state index in [0.29, 0.717) is 50.0 Å². The second-order valence-electron chi connectivity index (χ2n) is 13.4. The van der Waals surface area contributed by atoms with E-state index in [2.05, 4.69) is 13.8 Å². The lowest BCUT2D eigenvalue weighted by atomic mass is 9.45. The summed E-state index contributed by atoms with van der Waals surface area (Å²) in [6.45, 7) is 9.00. The summed E-state index contributed by atoms with van der Waals surface area (Å²) in [4.78, 5) is 25.4. The zero-order valence-corrected chi connectivity index (χ0v) is 22.9. The molecule has 0 aromatic rings. The lowest BCUT2D eigenvalue weighted by Crippen LogP contribution is -2.63. The molecule has 8 heteroatoms. The maximum absolute atomic E-state index is 13.4. The summed E-state index contributed by atoms with van der Waals surface area (Å²) in [5.41, 5.74) is -3.41. The summed E-state index contributed by atoms with van der Waals surface area (Å²) in [6, 6.07) is 0. The summed E-state index contributed by atoms with van der Waals surface area (Å²) in [7, 11) is 0. The van der Waals surface area contributed by atoms with Gasteiger partial charge in [0.2, 0.25) is 0 Å². The summed E-state index contributed by atoms with van der Waals surface area (Å²) < 4.78 is 5.58. The van der Waals surface area contributed by atoms with Crippen LogP contribution < -0.4 is 0 Å². The van der Waals surface area contributed by atoms with Crippen molar-refractivity contribution in [2.24, 2.45) is 34.5 Å². The highest BCUT2D eigenvalue weighted by Crippen LogP contribution is 2.68. The zero-order valence-electron chi connectivity index (χ0n) is 22.9. The lowest BCUT2D eigenvalue weighted by molar-refractivity contribution is -0.194. The third-order valence-corrected chi connectivity index (χ3v) is 10.9. The average Bonchev–Trinajstić information content (AvgIpc) is 3.10. The third kappa shape index (κ3) is 4.41. The molecule has 5 N–H and O–H groups in total. The minimum atomic E-state index is -1.46. The Morgan fingerprint density at radius 1 is 1.14 bits per heavy atom. The summed E-state index contributed by atoms with van der Waals surface area (Å²) >= 11 is 0. The molecule has 0 unspecified atom stereocenters. The maximum atomic E-state index is 13.4. The quantitative estimate of drug-likeness (QED) is 0.320. The van der Waals surface area contributed by atoms with Crippen molar-refractivity contribution in [2.75, 3.05) is 6.61 Å². The van der Waals surface area contributed by atoms with Crippen molar-refractivity contribution in [1.29, 1.82) is 0 Å². The number of carbonyl (C=O) groups excluding carboxylic acids is 2. The Labute approximate surface area is 220 Å². The van der Waals surface area contributed by atoms with Crippen molar-refractivity contribution in [3.05, 3.63) is 11.6 Å². The van der Waals surface area contributed by atoms with Crippen molar-refractivity contribution >= 4 is 11.8 Å². The fourth-order valence-corrected chi connectivity index (χ4v) is 8.68. The fourth-order valence-electron chi connectivity index (χ4n) is 8.68. The van der Waals surface area contributed by atoms with Gasteiger partial charge in [0.25, 0.3) is 0 Å². The van der Waals surface area contributed by atoms with E-state index in [-0.39, 0.29) is 18.1 Å². The topological polar surface area (TPSA) is 145 Å². The van der Waals surface area contributed by atoms with Crippen LogP contribution >= 0.6 is 0 Å². The summed E-state index contributed by atoms with van der Waals surface area (Å²) in [6.07, 6.45) is 2.76. The number of carbonyl (C=O) groups is 2. The van der Waals surface area contributed by atoms with Gasteiger partial charge in [-0.1, -0.05) is 27.7 Å². The number of fused-ring (bicyclic) bond motifs is 5. The Hall–Kier alpha value is -1.32. The van der Waals surface area contributed by atoms with E-state index in [1.54, 1.807) is 13.0 Å². The van der Waals surface area contributed by atoms with Crippen LogP contribution in [0.5, 0.6) is 0 Å². The molecule has 0 spiro atoms. The van der Waals surface area contributed by atoms with Gasteiger partial charge in [-0.3, -0.25) is 4.79 Å². The molecule has 37 heavy (non-hydrogen) atoms. The van der Waals surface area contributed by atoms with E-state index >= 15 is 0 Å². The molecule has 3 saturated carbocycles. The lowest BCUT2D eigenvalue weighted by Gasteiger charge is -2.60. The molecule has 4 aliphatic carbocycles. The van der Waals surface area contributed by atoms with E-state index in [9.17, 15) is 35.1 Å². The Kier molecular flexibility index (Phi) is 7.52. The van der Waals surface area contributed by atoms with E-state index in [0.717, 1.165) is 6.42 Å². The molecule has 0 amide bonds. The van der Waals surface area contributed by atoms with Crippen molar-refractivity contribution < 1.29 is 39.9 Å². The van der Waals surface area contributed by atoms with Crippen LogP contribution in [0.3, 0.4) is 0 Å². The first-order valence-electron chi connectivity index (χ1n) is 14.0. The fraction of sp³-hybridized carbons (Fsp3) is 0.862. The summed E-state index contributed by atoms with van der Waals surface area (Å²) in [5.74, 6) is -1.48. The number of ether oxygens (including phenoxy) is 1. The highest BCUT2D eigenvalue weighted by atomic mass is 16.6. The Morgan fingerprint density at radius 3 is 2.43 bits per heavy atom. The first kappa shape index (κ1) is 28.7. The molecule has 4 aliphatic rings. The molecule has 0 aliphatic heterocycles. The molecule has 4 rings (SSSR count). The highest BCUT2D eigenvalue weighted by Gasteiger charge is 2.69. The predicted octanol–water partition coefficient (Wildman–Crippen LogP) is 2.28. The molecule has 0 saturated heterocycles. The Morgan fingerprint density at radius 2 is 1.81 bits per heavy atom. The van der Waals surface area contributed by atoms with Gasteiger partial charge in [-0.05, 0) is 93.1 Å². The van der Waals surface area contributed by atoms with Crippen LogP contribution in [-0.2, 0) is 14.3 Å². The molecule has 0 bridgehead atoms. The normalized spacial score (nSPS) is 43.8. The van der Waals surface area contributed by atoms with Gasteiger partial charge >= 0.3 is 5.97 Å². The number of aliphatic hydroxyl groups is 5. The number of rotatable bonds is 7. The van der Waals surface area contributed by atoms with Crippen LogP contribution in [-0.4, -0.2) is 73.4 Å². The van der Waals surface area contributed by atoms with Crippen LogP contribution in [0.15, 0.2) is 11.6 Å². The van der Waals surface area contributed by atoms with Crippen molar-refractivity contribution in [3.63, 3.8) is 0 Å². The number of hydrogen-bond donors (Lipinski definition) is 5. The molecule has 10 atom stereocenters. The maximum Gasteiger partial charge on any atom is 0.332 e. The minimum absolute atomic E-state index is 0.108. The van der Waals surface area contributed by atoms with Crippen LogP contribution in [0, 0.1) is 34.5 Å². The van der Waals surface area contributed by atoms with Gasteiger partial charge in [0.1, 0.15) is 18.3 Å². The number of aliphatic hydroxyl groups excluding tert-OH is 3. The van der Waals surface area contributed by atoms with Crippen LogP contribution in [0.1, 0.15) is 86.0 Å². The minimum Gasteiger partial charge on any atom is -0.458 e. The molecule has 0 aromatic carbocycles. The van der Waals surface area contributed by atoms with Gasteiger partial charge in [-0.2, -0.15) is 0 Å². The monoisotopic (exact) mass is 522 g/mol. The highest BCUT2D eigenvalue weighted by molar-refractivity contribution is 5.95. The van der Waals surface area contributed by atoms with E-state index in [4.69, 9.17) is 4.74 Å². The van der Waals surface area contributed by atoms with Gasteiger partial charge in [0.15, 0.2) is 5.78 Å². The zero-order chi connectivity index (χ0) is 27.6. The Bertz CT molecular complexity index is 942. The SMILES string of the molecule is CC(C)CC[C@@H](OC(=O)CO)[C@](C)(O)[C@H]1CC[C@@]2(O)C3=CC(=O)[C@@H]4C[C@@H](O)[C@@H](O)C[C@]4(C)[C@H]3CC[C@]12C. The Balaban J connectivity index is 1.69. The molecular weight excluding hydrogens is 476 g/mol. The van der Waals surface area contributed by atoms with Crippen LogP contribution in [0.2, 0.25) is 0 Å². The smallest absolute Gasteiger partial charge is 0.332 e. The number of ketones is 1. The molecule has 3 fully saturated rings. The number of hydrogen-bond acceptors (Lipinski definition) is 8. The van der Waals surface area contributed by atoms with Crippen LogP contribution in [0.4, 0.5) is 0 Å². The third-order valence-electron chi connectivity index (χ3n) is 10.9. The molecule has 0 heterocycles. The second-order valence-corrected chi connectivity index (χ2v) is 13.4. The molecular formula is C29H46O8. The molecule has 210 valence electrons. The molecule has 0 radical (unpaired) electrons. The standard InChI is InChI=1S/C29H46O8/c1-16(2)6-7-24(37-25(34)15-30)28(5,35)23-9-11-29(36)18-12-20(31)19-13-21(32)22(33)14-26(19,3)17(18)8-10-27(23,29)4/h12,16-17,19,21-24,30,32-33,35-36H,6-11,13-15H2,1-5H3/t17-,19-,21+,22-,23-,24+,26+,27+,28+,29+/m0/s1. The van der Waals surface area contributed by atoms with E-state index in [1.807, 2.05) is 13.8 Å². The van der Waals surface area contributed by atoms with Gasteiger partial charge in [0, 0.05) is 11.3 Å². The first-order chi connectivity index (χ1) is 17.1. The van der Waals surface area contributed by atoms with E-state index < -0.39 is 64.8 Å². The summed E-state index contributed by atoms with van der Waals surface area (Å²) in [5, 5.41) is 54.5.